The van der Waals surface area contributed by atoms with Gasteiger partial charge >= 0.3 is 0 Å². The molecule has 3 heteroatoms. The monoisotopic (exact) mass is 318 g/mol. The van der Waals surface area contributed by atoms with Crippen molar-refractivity contribution in [2.45, 2.75) is 71.2 Å². The zero-order chi connectivity index (χ0) is 16.9. The number of carbonyl (C=O) groups excluding carboxylic acids is 1. The lowest BCUT2D eigenvalue weighted by molar-refractivity contribution is -0.116. The van der Waals surface area contributed by atoms with E-state index in [0.29, 0.717) is 13.0 Å². The molecule has 2 atom stereocenters. The van der Waals surface area contributed by atoms with Gasteiger partial charge in [-0.2, -0.15) is 0 Å². The van der Waals surface area contributed by atoms with Crippen LogP contribution in [0.15, 0.2) is 42.5 Å². The first-order valence-corrected chi connectivity index (χ1v) is 8.64. The van der Waals surface area contributed by atoms with Crippen molar-refractivity contribution < 1.29 is 14.6 Å². The van der Waals surface area contributed by atoms with Crippen LogP contribution in [0.4, 0.5) is 0 Å². The third kappa shape index (κ3) is 10.0. The predicted octanol–water partition coefficient (Wildman–Crippen LogP) is 4.44. The number of hydrogen-bond donors (Lipinski definition) is 1. The standard InChI is InChI=1S/C20H30O3/c1-3-4-5-6-10-13-19(21)15-20(22)14-17(2)23-16-18-11-8-7-9-12-18/h7-13,17,20,22H,3-6,14-16H2,1-2H3/b13-10+/t17-,20-/m0/s1. The molecule has 1 aromatic rings. The minimum Gasteiger partial charge on any atom is -0.393 e. The molecule has 0 fully saturated rings. The van der Waals surface area contributed by atoms with Gasteiger partial charge in [0.15, 0.2) is 5.78 Å². The Morgan fingerprint density at radius 1 is 1.26 bits per heavy atom. The lowest BCUT2D eigenvalue weighted by atomic mass is 10.1. The Balaban J connectivity index is 2.19. The molecule has 1 rings (SSSR count). The van der Waals surface area contributed by atoms with Gasteiger partial charge in [-0.15, -0.1) is 0 Å². The van der Waals surface area contributed by atoms with E-state index in [-0.39, 0.29) is 18.3 Å². The summed E-state index contributed by atoms with van der Waals surface area (Å²) < 4.78 is 5.72. The minimum absolute atomic E-state index is 0.00995. The van der Waals surface area contributed by atoms with Crippen molar-refractivity contribution in [1.29, 1.82) is 0 Å². The largest absolute Gasteiger partial charge is 0.393 e. The second-order valence-electron chi connectivity index (χ2n) is 6.07. The number of ether oxygens (including phenoxy) is 1. The molecule has 0 saturated heterocycles. The molecule has 0 saturated carbocycles. The van der Waals surface area contributed by atoms with Gasteiger partial charge in [0.1, 0.15) is 0 Å². The summed E-state index contributed by atoms with van der Waals surface area (Å²) >= 11 is 0. The topological polar surface area (TPSA) is 46.5 Å². The first kappa shape index (κ1) is 19.6. The van der Waals surface area contributed by atoms with Crippen LogP contribution in [0.2, 0.25) is 0 Å². The molecule has 0 aromatic heterocycles. The van der Waals surface area contributed by atoms with E-state index in [9.17, 15) is 9.90 Å². The van der Waals surface area contributed by atoms with Gasteiger partial charge in [0.2, 0.25) is 0 Å². The van der Waals surface area contributed by atoms with Gasteiger partial charge in [-0.25, -0.2) is 0 Å². The molecular weight excluding hydrogens is 288 g/mol. The molecule has 3 nitrogen and oxygen atoms in total. The number of carbonyl (C=O) groups is 1. The average Bonchev–Trinajstić information content (AvgIpc) is 2.53. The summed E-state index contributed by atoms with van der Waals surface area (Å²) in [7, 11) is 0. The van der Waals surface area contributed by atoms with Crippen LogP contribution in [-0.2, 0) is 16.1 Å². The summed E-state index contributed by atoms with van der Waals surface area (Å²) in [5.74, 6) is -0.00995. The third-order valence-corrected chi connectivity index (χ3v) is 3.70. The molecule has 0 bridgehead atoms. The summed E-state index contributed by atoms with van der Waals surface area (Å²) in [5.41, 5.74) is 1.11. The zero-order valence-electron chi connectivity index (χ0n) is 14.4. The fourth-order valence-electron chi connectivity index (χ4n) is 2.37. The van der Waals surface area contributed by atoms with Crippen LogP contribution in [0.5, 0.6) is 0 Å². The molecule has 1 aromatic carbocycles. The number of rotatable bonds is 12. The normalized spacial score (nSPS) is 14.0. The summed E-state index contributed by atoms with van der Waals surface area (Å²) in [6.07, 6.45) is 7.87. The van der Waals surface area contributed by atoms with Crippen LogP contribution in [0.3, 0.4) is 0 Å². The van der Waals surface area contributed by atoms with Crippen LogP contribution >= 0.6 is 0 Å². The number of hydrogen-bond acceptors (Lipinski definition) is 3. The highest BCUT2D eigenvalue weighted by molar-refractivity contribution is 5.89. The lowest BCUT2D eigenvalue weighted by Crippen LogP contribution is -2.20. The number of ketones is 1. The van der Waals surface area contributed by atoms with E-state index in [2.05, 4.69) is 6.92 Å². The molecule has 0 spiro atoms. The molecule has 128 valence electrons. The summed E-state index contributed by atoms with van der Waals surface area (Å²) in [6, 6.07) is 9.94. The van der Waals surface area contributed by atoms with Gasteiger partial charge in [-0.1, -0.05) is 56.2 Å². The highest BCUT2D eigenvalue weighted by atomic mass is 16.5. The average molecular weight is 318 g/mol. The molecule has 0 aliphatic rings. The third-order valence-electron chi connectivity index (χ3n) is 3.70. The smallest absolute Gasteiger partial charge is 0.157 e. The number of allylic oxidation sites excluding steroid dienone is 2. The van der Waals surface area contributed by atoms with E-state index in [4.69, 9.17) is 4.74 Å². The van der Waals surface area contributed by atoms with Gasteiger partial charge in [-0.05, 0) is 37.8 Å². The Kier molecular flexibility index (Phi) is 10.3. The first-order valence-electron chi connectivity index (χ1n) is 8.64. The predicted molar refractivity (Wildman–Crippen MR) is 94.2 cm³/mol. The highest BCUT2D eigenvalue weighted by Crippen LogP contribution is 2.10. The molecule has 0 amide bonds. The van der Waals surface area contributed by atoms with Gasteiger partial charge in [0, 0.05) is 6.42 Å². The van der Waals surface area contributed by atoms with Crippen LogP contribution in [0.25, 0.3) is 0 Å². The fourth-order valence-corrected chi connectivity index (χ4v) is 2.37. The zero-order valence-corrected chi connectivity index (χ0v) is 14.4. The van der Waals surface area contributed by atoms with Crippen LogP contribution in [0.1, 0.15) is 57.9 Å². The number of unbranched alkanes of at least 4 members (excludes halogenated alkanes) is 3. The summed E-state index contributed by atoms with van der Waals surface area (Å²) in [4.78, 5) is 11.8. The quantitative estimate of drug-likeness (QED) is 0.458. The molecule has 0 radical (unpaired) electrons. The number of aliphatic hydroxyl groups excluding tert-OH is 1. The van der Waals surface area contributed by atoms with E-state index in [1.165, 1.54) is 12.8 Å². The van der Waals surface area contributed by atoms with Gasteiger partial charge < -0.3 is 9.84 Å². The summed E-state index contributed by atoms with van der Waals surface area (Å²) in [6.45, 7) is 4.61. The fraction of sp³-hybridized carbons (Fsp3) is 0.550. The van der Waals surface area contributed by atoms with E-state index in [1.54, 1.807) is 6.08 Å². The van der Waals surface area contributed by atoms with Crippen molar-refractivity contribution in [2.75, 3.05) is 0 Å². The van der Waals surface area contributed by atoms with E-state index in [0.717, 1.165) is 18.4 Å². The maximum absolute atomic E-state index is 11.8. The molecular formula is C20H30O3. The molecule has 0 aliphatic heterocycles. The molecule has 0 aliphatic carbocycles. The Hall–Kier alpha value is -1.45. The molecule has 0 unspecified atom stereocenters. The van der Waals surface area contributed by atoms with Crippen LogP contribution in [-0.4, -0.2) is 23.1 Å². The minimum atomic E-state index is -0.645. The van der Waals surface area contributed by atoms with Crippen LogP contribution < -0.4 is 0 Å². The first-order chi connectivity index (χ1) is 11.1. The summed E-state index contributed by atoms with van der Waals surface area (Å²) in [5, 5.41) is 9.99. The van der Waals surface area contributed by atoms with Crippen molar-refractivity contribution in [3.8, 4) is 0 Å². The van der Waals surface area contributed by atoms with Crippen molar-refractivity contribution in [3.05, 3.63) is 48.0 Å². The number of benzene rings is 1. The Bertz CT molecular complexity index is 453. The van der Waals surface area contributed by atoms with Crippen molar-refractivity contribution >= 4 is 5.78 Å². The Morgan fingerprint density at radius 3 is 2.70 bits per heavy atom. The van der Waals surface area contributed by atoms with E-state index < -0.39 is 6.10 Å². The molecule has 0 heterocycles. The van der Waals surface area contributed by atoms with Gasteiger partial charge in [0.25, 0.3) is 0 Å². The Morgan fingerprint density at radius 2 is 2.00 bits per heavy atom. The van der Waals surface area contributed by atoms with Crippen molar-refractivity contribution in [3.63, 3.8) is 0 Å². The van der Waals surface area contributed by atoms with E-state index >= 15 is 0 Å². The van der Waals surface area contributed by atoms with Crippen LogP contribution in [0, 0.1) is 0 Å². The van der Waals surface area contributed by atoms with E-state index in [1.807, 2.05) is 43.3 Å². The van der Waals surface area contributed by atoms with Crippen molar-refractivity contribution in [1.82, 2.24) is 0 Å². The second kappa shape index (κ2) is 12.0. The Labute approximate surface area is 140 Å². The molecule has 23 heavy (non-hydrogen) atoms. The van der Waals surface area contributed by atoms with Gasteiger partial charge in [0.05, 0.1) is 18.8 Å². The maximum Gasteiger partial charge on any atom is 0.157 e. The maximum atomic E-state index is 11.8. The van der Waals surface area contributed by atoms with Crippen molar-refractivity contribution in [2.24, 2.45) is 0 Å². The van der Waals surface area contributed by atoms with Gasteiger partial charge in [-0.3, -0.25) is 4.79 Å². The SMILES string of the molecule is CCCCC/C=C/C(=O)C[C@@H](O)C[C@H](C)OCc1ccccc1. The molecule has 1 N–H and O–H groups in total. The second-order valence-corrected chi connectivity index (χ2v) is 6.07. The number of aliphatic hydroxyl groups is 1. The highest BCUT2D eigenvalue weighted by Gasteiger charge is 2.13. The lowest BCUT2D eigenvalue weighted by Gasteiger charge is -2.16.